The molecule has 8 nitrogen and oxygen atoms in total. The van der Waals surface area contributed by atoms with E-state index in [0.717, 1.165) is 0 Å². The summed E-state index contributed by atoms with van der Waals surface area (Å²) in [7, 11) is -3.83. The van der Waals surface area contributed by atoms with E-state index in [-0.39, 0.29) is 35.2 Å². The van der Waals surface area contributed by atoms with Crippen molar-refractivity contribution in [3.05, 3.63) is 24.3 Å². The fraction of sp³-hybridized carbons (Fsp3) is 0.500. The SMILES string of the molecule is CC(=O)Nc1ccc(S(=O)(=O)NC(C)C(=O)N2CCNC[C@H]2C)cc1.Cl. The van der Waals surface area contributed by atoms with Crippen molar-refractivity contribution in [3.63, 3.8) is 0 Å². The molecule has 26 heavy (non-hydrogen) atoms. The van der Waals surface area contributed by atoms with Crippen LogP contribution in [0.5, 0.6) is 0 Å². The summed E-state index contributed by atoms with van der Waals surface area (Å²) in [4.78, 5) is 25.2. The molecule has 1 saturated heterocycles. The third-order valence-corrected chi connectivity index (χ3v) is 5.53. The Morgan fingerprint density at radius 2 is 1.88 bits per heavy atom. The molecule has 1 aliphatic rings. The van der Waals surface area contributed by atoms with Crippen LogP contribution >= 0.6 is 12.4 Å². The highest BCUT2D eigenvalue weighted by molar-refractivity contribution is 7.89. The largest absolute Gasteiger partial charge is 0.336 e. The molecule has 0 radical (unpaired) electrons. The summed E-state index contributed by atoms with van der Waals surface area (Å²) in [6.07, 6.45) is 0. The quantitative estimate of drug-likeness (QED) is 0.664. The van der Waals surface area contributed by atoms with Crippen molar-refractivity contribution in [2.45, 2.75) is 37.8 Å². The Bertz CT molecular complexity index is 739. The van der Waals surface area contributed by atoms with Gasteiger partial charge in [0, 0.05) is 38.3 Å². The van der Waals surface area contributed by atoms with Crippen LogP contribution in [0.4, 0.5) is 5.69 Å². The number of amides is 2. The predicted octanol–water partition coefficient (Wildman–Crippen LogP) is 0.554. The first kappa shape index (κ1) is 22.4. The first-order valence-electron chi connectivity index (χ1n) is 8.12. The lowest BCUT2D eigenvalue weighted by Crippen LogP contribution is -2.57. The second-order valence-electron chi connectivity index (χ2n) is 6.13. The Morgan fingerprint density at radius 1 is 1.27 bits per heavy atom. The number of sulfonamides is 1. The third kappa shape index (κ3) is 5.66. The normalized spacial score (nSPS) is 18.6. The summed E-state index contributed by atoms with van der Waals surface area (Å²) in [6.45, 7) is 6.77. The summed E-state index contributed by atoms with van der Waals surface area (Å²) in [5.74, 6) is -0.481. The van der Waals surface area contributed by atoms with Gasteiger partial charge in [-0.25, -0.2) is 8.42 Å². The molecule has 0 bridgehead atoms. The van der Waals surface area contributed by atoms with Gasteiger partial charge in [-0.3, -0.25) is 9.59 Å². The van der Waals surface area contributed by atoms with E-state index in [2.05, 4.69) is 15.4 Å². The van der Waals surface area contributed by atoms with Crippen molar-refractivity contribution in [2.75, 3.05) is 25.0 Å². The highest BCUT2D eigenvalue weighted by Crippen LogP contribution is 2.15. The van der Waals surface area contributed by atoms with Crippen molar-refractivity contribution in [3.8, 4) is 0 Å². The van der Waals surface area contributed by atoms with Gasteiger partial charge in [0.15, 0.2) is 0 Å². The van der Waals surface area contributed by atoms with Crippen LogP contribution in [0.25, 0.3) is 0 Å². The molecule has 2 amide bonds. The number of carbonyl (C=O) groups excluding carboxylic acids is 2. The molecule has 1 fully saturated rings. The number of halogens is 1. The van der Waals surface area contributed by atoms with Gasteiger partial charge in [-0.1, -0.05) is 0 Å². The Morgan fingerprint density at radius 3 is 2.42 bits per heavy atom. The summed E-state index contributed by atoms with van der Waals surface area (Å²) >= 11 is 0. The monoisotopic (exact) mass is 404 g/mol. The van der Waals surface area contributed by atoms with Gasteiger partial charge < -0.3 is 15.5 Å². The molecule has 0 aromatic heterocycles. The lowest BCUT2D eigenvalue weighted by Gasteiger charge is -2.35. The van der Waals surface area contributed by atoms with Crippen molar-refractivity contribution < 1.29 is 18.0 Å². The van der Waals surface area contributed by atoms with Crippen LogP contribution in [0, 0.1) is 0 Å². The zero-order valence-corrected chi connectivity index (χ0v) is 16.6. The molecule has 0 saturated carbocycles. The second-order valence-corrected chi connectivity index (χ2v) is 7.85. The molecule has 0 spiro atoms. The average Bonchev–Trinajstić information content (AvgIpc) is 2.54. The van der Waals surface area contributed by atoms with E-state index < -0.39 is 16.1 Å². The van der Waals surface area contributed by atoms with E-state index in [1.807, 2.05) is 6.92 Å². The highest BCUT2D eigenvalue weighted by atomic mass is 35.5. The van der Waals surface area contributed by atoms with Gasteiger partial charge >= 0.3 is 0 Å². The number of hydrogen-bond acceptors (Lipinski definition) is 5. The molecule has 1 aromatic carbocycles. The van der Waals surface area contributed by atoms with E-state index in [0.29, 0.717) is 25.3 Å². The Kier molecular flexibility index (Phi) is 8.01. The maximum absolute atomic E-state index is 12.5. The Balaban J connectivity index is 0.00000338. The minimum Gasteiger partial charge on any atom is -0.336 e. The molecular weight excluding hydrogens is 380 g/mol. The van der Waals surface area contributed by atoms with Gasteiger partial charge in [-0.15, -0.1) is 12.4 Å². The molecule has 146 valence electrons. The van der Waals surface area contributed by atoms with Gasteiger partial charge in [-0.05, 0) is 38.1 Å². The van der Waals surface area contributed by atoms with Gasteiger partial charge in [0.25, 0.3) is 0 Å². The minimum absolute atomic E-state index is 0. The predicted molar refractivity (Wildman–Crippen MR) is 102 cm³/mol. The summed E-state index contributed by atoms with van der Waals surface area (Å²) in [6, 6.07) is 4.93. The Hall–Kier alpha value is -1.68. The Labute approximate surface area is 160 Å². The standard InChI is InChI=1S/C16H24N4O4S.ClH/c1-11-10-17-8-9-20(11)16(22)12(2)19-25(23,24)15-6-4-14(5-7-15)18-13(3)21;/h4-7,11-12,17,19H,8-10H2,1-3H3,(H,18,21);1H/t11-,12?;/m1./s1. The number of nitrogens with zero attached hydrogens (tertiary/aromatic N) is 1. The number of nitrogens with one attached hydrogen (secondary N) is 3. The highest BCUT2D eigenvalue weighted by Gasteiger charge is 2.29. The van der Waals surface area contributed by atoms with Gasteiger partial charge in [0.1, 0.15) is 0 Å². The number of carbonyl (C=O) groups is 2. The van der Waals surface area contributed by atoms with E-state index in [4.69, 9.17) is 0 Å². The van der Waals surface area contributed by atoms with E-state index in [1.54, 1.807) is 11.8 Å². The van der Waals surface area contributed by atoms with Crippen LogP contribution in [0.3, 0.4) is 0 Å². The number of rotatable bonds is 5. The molecule has 2 rings (SSSR count). The summed E-state index contributed by atoms with van der Waals surface area (Å²) in [5.41, 5.74) is 0.505. The molecular formula is C16H25ClN4O4S. The number of piperazine rings is 1. The van der Waals surface area contributed by atoms with Crippen LogP contribution in [0.1, 0.15) is 20.8 Å². The fourth-order valence-corrected chi connectivity index (χ4v) is 3.89. The second kappa shape index (κ2) is 9.31. The number of anilines is 1. The average molecular weight is 405 g/mol. The minimum atomic E-state index is -3.83. The smallest absolute Gasteiger partial charge is 0.241 e. The molecule has 1 aliphatic heterocycles. The lowest BCUT2D eigenvalue weighted by atomic mass is 10.2. The number of benzene rings is 1. The van der Waals surface area contributed by atoms with Crippen LogP contribution in [-0.2, 0) is 19.6 Å². The zero-order valence-electron chi connectivity index (χ0n) is 15.0. The van der Waals surface area contributed by atoms with Crippen LogP contribution in [0.2, 0.25) is 0 Å². The molecule has 3 N–H and O–H groups in total. The van der Waals surface area contributed by atoms with Crippen molar-refractivity contribution in [1.82, 2.24) is 14.9 Å². The molecule has 0 aliphatic carbocycles. The van der Waals surface area contributed by atoms with Crippen molar-refractivity contribution in [2.24, 2.45) is 0 Å². The van der Waals surface area contributed by atoms with Gasteiger partial charge in [-0.2, -0.15) is 4.72 Å². The third-order valence-electron chi connectivity index (χ3n) is 3.97. The number of hydrogen-bond donors (Lipinski definition) is 3. The van der Waals surface area contributed by atoms with Crippen LogP contribution in [0.15, 0.2) is 29.2 Å². The summed E-state index contributed by atoms with van der Waals surface area (Å²) < 4.78 is 27.4. The first-order valence-corrected chi connectivity index (χ1v) is 9.60. The van der Waals surface area contributed by atoms with E-state index in [1.165, 1.54) is 31.2 Å². The fourth-order valence-electron chi connectivity index (χ4n) is 2.69. The maximum atomic E-state index is 12.5. The maximum Gasteiger partial charge on any atom is 0.241 e. The van der Waals surface area contributed by atoms with Crippen LogP contribution < -0.4 is 15.4 Å². The van der Waals surface area contributed by atoms with E-state index in [9.17, 15) is 18.0 Å². The lowest BCUT2D eigenvalue weighted by molar-refractivity contribution is -0.135. The summed E-state index contributed by atoms with van der Waals surface area (Å²) in [5, 5.41) is 5.76. The van der Waals surface area contributed by atoms with Crippen molar-refractivity contribution in [1.29, 1.82) is 0 Å². The first-order chi connectivity index (χ1) is 11.7. The van der Waals surface area contributed by atoms with Crippen molar-refractivity contribution >= 4 is 39.9 Å². The molecule has 1 aromatic rings. The van der Waals surface area contributed by atoms with Gasteiger partial charge in [0.05, 0.1) is 10.9 Å². The molecule has 1 unspecified atom stereocenters. The molecule has 1 heterocycles. The topological polar surface area (TPSA) is 108 Å². The molecule has 10 heteroatoms. The van der Waals surface area contributed by atoms with E-state index >= 15 is 0 Å². The zero-order chi connectivity index (χ0) is 18.6. The van der Waals surface area contributed by atoms with Gasteiger partial charge in [0.2, 0.25) is 21.8 Å². The molecule has 2 atom stereocenters. The van der Waals surface area contributed by atoms with Crippen LogP contribution in [-0.4, -0.2) is 56.9 Å².